The molecule has 2 nitrogen and oxygen atoms in total. The smallest absolute Gasteiger partial charge is 0.0936 e. The van der Waals surface area contributed by atoms with E-state index < -0.39 is 0 Å². The Hall–Kier alpha value is -0.0800. The summed E-state index contributed by atoms with van der Waals surface area (Å²) in [6, 6.07) is 0. The van der Waals surface area contributed by atoms with Crippen LogP contribution in [0, 0.1) is 5.92 Å². The van der Waals surface area contributed by atoms with Gasteiger partial charge in [0, 0.05) is 13.1 Å². The molecular weight excluding hydrogens is 138 g/mol. The molecule has 0 spiro atoms. The fraction of sp³-hybridized carbons (Fsp3) is 1.00. The van der Waals surface area contributed by atoms with Gasteiger partial charge in [-0.15, -0.1) is 0 Å². The molecule has 2 saturated heterocycles. The first-order valence-corrected chi connectivity index (χ1v) is 4.72. The standard InChI is InChI=1S/C9H17NO/c1-2-8-3-4-10(5-8)6-9-7-11-9/h8-9H,2-7H2,1H3/t8?,9-/m0/s1. The minimum absolute atomic E-state index is 0.589. The second kappa shape index (κ2) is 3.11. The maximum absolute atomic E-state index is 5.20. The van der Waals surface area contributed by atoms with Gasteiger partial charge < -0.3 is 9.64 Å². The number of likely N-dealkylation sites (tertiary alicyclic amines) is 1. The maximum Gasteiger partial charge on any atom is 0.0936 e. The molecule has 0 amide bonds. The zero-order valence-electron chi connectivity index (χ0n) is 7.25. The van der Waals surface area contributed by atoms with Crippen molar-refractivity contribution in [3.8, 4) is 0 Å². The molecule has 0 aromatic carbocycles. The van der Waals surface area contributed by atoms with Crippen molar-refractivity contribution in [1.82, 2.24) is 4.90 Å². The fourth-order valence-electron chi connectivity index (χ4n) is 1.87. The first kappa shape index (κ1) is 7.56. The summed E-state index contributed by atoms with van der Waals surface area (Å²) in [5, 5.41) is 0. The second-order valence-electron chi connectivity index (χ2n) is 3.78. The number of epoxide rings is 1. The molecule has 64 valence electrons. The van der Waals surface area contributed by atoms with Crippen molar-refractivity contribution in [2.24, 2.45) is 5.92 Å². The van der Waals surface area contributed by atoms with Crippen LogP contribution in [0.25, 0.3) is 0 Å². The van der Waals surface area contributed by atoms with Gasteiger partial charge in [0.2, 0.25) is 0 Å². The van der Waals surface area contributed by atoms with E-state index in [1.54, 1.807) is 0 Å². The Balaban J connectivity index is 1.70. The molecule has 0 aliphatic carbocycles. The molecular formula is C9H17NO. The van der Waals surface area contributed by atoms with Crippen LogP contribution in [0.4, 0.5) is 0 Å². The van der Waals surface area contributed by atoms with Crippen LogP contribution in [-0.2, 0) is 4.74 Å². The van der Waals surface area contributed by atoms with Crippen molar-refractivity contribution in [3.63, 3.8) is 0 Å². The summed E-state index contributed by atoms with van der Waals surface area (Å²) in [7, 11) is 0. The zero-order chi connectivity index (χ0) is 7.68. The Morgan fingerprint density at radius 3 is 2.91 bits per heavy atom. The summed E-state index contributed by atoms with van der Waals surface area (Å²) in [6.07, 6.45) is 3.34. The van der Waals surface area contributed by atoms with Crippen LogP contribution in [0.1, 0.15) is 19.8 Å². The van der Waals surface area contributed by atoms with Gasteiger partial charge in [-0.2, -0.15) is 0 Å². The second-order valence-corrected chi connectivity index (χ2v) is 3.78. The van der Waals surface area contributed by atoms with E-state index >= 15 is 0 Å². The third-order valence-electron chi connectivity index (χ3n) is 2.81. The highest BCUT2D eigenvalue weighted by Crippen LogP contribution is 2.21. The summed E-state index contributed by atoms with van der Waals surface area (Å²) in [5.41, 5.74) is 0. The van der Waals surface area contributed by atoms with Gasteiger partial charge in [0.15, 0.2) is 0 Å². The SMILES string of the molecule is CCC1CCN(C[C@H]2CO2)C1. The molecule has 2 heterocycles. The van der Waals surface area contributed by atoms with E-state index in [1.165, 1.54) is 32.5 Å². The van der Waals surface area contributed by atoms with E-state index in [2.05, 4.69) is 11.8 Å². The monoisotopic (exact) mass is 155 g/mol. The molecule has 0 aromatic rings. The van der Waals surface area contributed by atoms with Gasteiger partial charge in [-0.25, -0.2) is 0 Å². The fourth-order valence-corrected chi connectivity index (χ4v) is 1.87. The highest BCUT2D eigenvalue weighted by atomic mass is 16.6. The lowest BCUT2D eigenvalue weighted by Gasteiger charge is -2.13. The van der Waals surface area contributed by atoms with E-state index in [0.717, 1.165) is 12.5 Å². The number of ether oxygens (including phenoxy) is 1. The van der Waals surface area contributed by atoms with E-state index in [-0.39, 0.29) is 0 Å². The van der Waals surface area contributed by atoms with Crippen LogP contribution >= 0.6 is 0 Å². The Kier molecular flexibility index (Phi) is 2.14. The molecule has 0 N–H and O–H groups in total. The van der Waals surface area contributed by atoms with Crippen LogP contribution in [0.15, 0.2) is 0 Å². The molecule has 0 aromatic heterocycles. The van der Waals surface area contributed by atoms with E-state index in [4.69, 9.17) is 4.74 Å². The number of hydrogen-bond acceptors (Lipinski definition) is 2. The minimum Gasteiger partial charge on any atom is -0.372 e. The molecule has 2 aliphatic heterocycles. The largest absolute Gasteiger partial charge is 0.372 e. The van der Waals surface area contributed by atoms with Crippen molar-refractivity contribution in [2.45, 2.75) is 25.9 Å². The Bertz CT molecular complexity index is 134. The molecule has 0 bridgehead atoms. The van der Waals surface area contributed by atoms with Crippen LogP contribution in [0.5, 0.6) is 0 Å². The number of nitrogens with zero attached hydrogens (tertiary/aromatic N) is 1. The topological polar surface area (TPSA) is 15.8 Å². The van der Waals surface area contributed by atoms with E-state index in [0.29, 0.717) is 6.10 Å². The van der Waals surface area contributed by atoms with Crippen LogP contribution in [0.2, 0.25) is 0 Å². The molecule has 0 saturated carbocycles. The van der Waals surface area contributed by atoms with E-state index in [1.807, 2.05) is 0 Å². The molecule has 1 unspecified atom stereocenters. The van der Waals surface area contributed by atoms with Crippen molar-refractivity contribution in [2.75, 3.05) is 26.2 Å². The van der Waals surface area contributed by atoms with Crippen LogP contribution in [0.3, 0.4) is 0 Å². The summed E-state index contributed by atoms with van der Waals surface area (Å²) in [4.78, 5) is 2.55. The quantitative estimate of drug-likeness (QED) is 0.568. The highest BCUT2D eigenvalue weighted by molar-refractivity contribution is 4.80. The molecule has 2 aliphatic rings. The van der Waals surface area contributed by atoms with Gasteiger partial charge in [-0.3, -0.25) is 0 Å². The zero-order valence-corrected chi connectivity index (χ0v) is 7.25. The van der Waals surface area contributed by atoms with Gasteiger partial charge in [0.05, 0.1) is 12.7 Å². The molecule has 2 fully saturated rings. The predicted molar refractivity (Wildman–Crippen MR) is 44.6 cm³/mol. The highest BCUT2D eigenvalue weighted by Gasteiger charge is 2.29. The molecule has 0 radical (unpaired) electrons. The summed E-state index contributed by atoms with van der Waals surface area (Å²) in [5.74, 6) is 0.966. The number of hydrogen-bond donors (Lipinski definition) is 0. The van der Waals surface area contributed by atoms with Crippen molar-refractivity contribution < 1.29 is 4.74 Å². The third-order valence-corrected chi connectivity index (χ3v) is 2.81. The number of rotatable bonds is 3. The lowest BCUT2D eigenvalue weighted by Crippen LogP contribution is -2.25. The molecule has 11 heavy (non-hydrogen) atoms. The average Bonchev–Trinajstić information content (AvgIpc) is 2.68. The molecule has 2 atom stereocenters. The lowest BCUT2D eigenvalue weighted by molar-refractivity contribution is 0.277. The molecule has 2 rings (SSSR count). The summed E-state index contributed by atoms with van der Waals surface area (Å²) >= 11 is 0. The van der Waals surface area contributed by atoms with Crippen molar-refractivity contribution in [3.05, 3.63) is 0 Å². The van der Waals surface area contributed by atoms with Crippen LogP contribution in [-0.4, -0.2) is 37.2 Å². The third kappa shape index (κ3) is 1.94. The van der Waals surface area contributed by atoms with E-state index in [9.17, 15) is 0 Å². The van der Waals surface area contributed by atoms with Crippen molar-refractivity contribution in [1.29, 1.82) is 0 Å². The van der Waals surface area contributed by atoms with Crippen LogP contribution < -0.4 is 0 Å². The van der Waals surface area contributed by atoms with Gasteiger partial charge in [0.25, 0.3) is 0 Å². The Labute approximate surface area is 68.5 Å². The maximum atomic E-state index is 5.20. The van der Waals surface area contributed by atoms with Crippen molar-refractivity contribution >= 4 is 0 Å². The average molecular weight is 155 g/mol. The van der Waals surface area contributed by atoms with Gasteiger partial charge in [-0.1, -0.05) is 13.3 Å². The molecule has 2 heteroatoms. The normalized spacial score (nSPS) is 37.9. The first-order valence-electron chi connectivity index (χ1n) is 4.72. The lowest BCUT2D eigenvalue weighted by atomic mass is 10.1. The summed E-state index contributed by atoms with van der Waals surface area (Å²) in [6.45, 7) is 7.11. The van der Waals surface area contributed by atoms with Gasteiger partial charge in [-0.05, 0) is 18.9 Å². The first-order chi connectivity index (χ1) is 5.38. The predicted octanol–water partition coefficient (Wildman–Crippen LogP) is 1.12. The summed E-state index contributed by atoms with van der Waals surface area (Å²) < 4.78 is 5.20. The Morgan fingerprint density at radius 1 is 1.55 bits per heavy atom. The van der Waals surface area contributed by atoms with Gasteiger partial charge >= 0.3 is 0 Å². The van der Waals surface area contributed by atoms with Gasteiger partial charge in [0.1, 0.15) is 0 Å². The minimum atomic E-state index is 0.589. The Morgan fingerprint density at radius 2 is 2.36 bits per heavy atom.